The van der Waals surface area contributed by atoms with Crippen LogP contribution in [0.1, 0.15) is 20.3 Å². The number of rotatable bonds is 6. The SMILES string of the molecule is C=CC(=O)OC(C)(C=C)C(C=C)CC. The van der Waals surface area contributed by atoms with E-state index in [0.29, 0.717) is 0 Å². The summed E-state index contributed by atoms with van der Waals surface area (Å²) in [6.07, 6.45) is 5.40. The molecule has 0 fully saturated rings. The van der Waals surface area contributed by atoms with Gasteiger partial charge in [-0.25, -0.2) is 4.79 Å². The van der Waals surface area contributed by atoms with Crippen LogP contribution in [-0.2, 0) is 9.53 Å². The summed E-state index contributed by atoms with van der Waals surface area (Å²) in [5.74, 6) is -0.364. The van der Waals surface area contributed by atoms with Crippen LogP contribution in [-0.4, -0.2) is 11.6 Å². The van der Waals surface area contributed by atoms with Crippen molar-refractivity contribution in [2.75, 3.05) is 0 Å². The number of carbonyl (C=O) groups is 1. The molecule has 0 aliphatic rings. The van der Waals surface area contributed by atoms with Gasteiger partial charge < -0.3 is 4.74 Å². The standard InChI is InChI=1S/C12H18O2/c1-6-10(7-2)12(5,9-4)14-11(13)8-3/h6,8-10H,1,3-4,7H2,2,5H3. The van der Waals surface area contributed by atoms with Gasteiger partial charge in [-0.2, -0.15) is 0 Å². The molecule has 0 spiro atoms. The first-order valence-electron chi connectivity index (χ1n) is 4.65. The van der Waals surface area contributed by atoms with Crippen LogP contribution in [0.15, 0.2) is 38.0 Å². The Labute approximate surface area is 86.0 Å². The highest BCUT2D eigenvalue weighted by molar-refractivity contribution is 5.81. The summed E-state index contributed by atoms with van der Waals surface area (Å²) in [5, 5.41) is 0. The Bertz CT molecular complexity index is 243. The largest absolute Gasteiger partial charge is 0.451 e. The lowest BCUT2D eigenvalue weighted by molar-refractivity contribution is -0.150. The highest BCUT2D eigenvalue weighted by Gasteiger charge is 2.31. The van der Waals surface area contributed by atoms with Crippen molar-refractivity contribution in [1.29, 1.82) is 0 Å². The fourth-order valence-electron chi connectivity index (χ4n) is 1.33. The molecule has 0 amide bonds. The van der Waals surface area contributed by atoms with E-state index in [2.05, 4.69) is 19.7 Å². The third-order valence-corrected chi connectivity index (χ3v) is 2.35. The number of hydrogen-bond donors (Lipinski definition) is 0. The Kier molecular flexibility index (Phi) is 4.92. The van der Waals surface area contributed by atoms with Crippen LogP contribution in [0.25, 0.3) is 0 Å². The topological polar surface area (TPSA) is 26.3 Å². The Morgan fingerprint density at radius 1 is 1.50 bits per heavy atom. The van der Waals surface area contributed by atoms with Gasteiger partial charge in [0.05, 0.1) is 0 Å². The molecule has 2 heteroatoms. The van der Waals surface area contributed by atoms with Gasteiger partial charge in [-0.3, -0.25) is 0 Å². The van der Waals surface area contributed by atoms with Gasteiger partial charge in [-0.1, -0.05) is 26.2 Å². The highest BCUT2D eigenvalue weighted by Crippen LogP contribution is 2.27. The van der Waals surface area contributed by atoms with E-state index in [1.165, 1.54) is 0 Å². The summed E-state index contributed by atoms with van der Waals surface area (Å²) in [6.45, 7) is 14.6. The molecule has 0 aromatic rings. The molecule has 0 saturated heterocycles. The van der Waals surface area contributed by atoms with Gasteiger partial charge in [0.1, 0.15) is 5.60 Å². The predicted molar refractivity (Wildman–Crippen MR) is 58.9 cm³/mol. The number of esters is 1. The molecule has 0 heterocycles. The van der Waals surface area contributed by atoms with Crippen molar-refractivity contribution in [1.82, 2.24) is 0 Å². The maximum Gasteiger partial charge on any atom is 0.331 e. The lowest BCUT2D eigenvalue weighted by atomic mass is 9.87. The van der Waals surface area contributed by atoms with Gasteiger partial charge >= 0.3 is 5.97 Å². The Balaban J connectivity index is 4.76. The molecule has 0 bridgehead atoms. The molecular weight excluding hydrogens is 176 g/mol. The average Bonchev–Trinajstić information content (AvgIpc) is 2.19. The molecule has 0 saturated carbocycles. The number of hydrogen-bond acceptors (Lipinski definition) is 2. The third kappa shape index (κ3) is 2.87. The summed E-state index contributed by atoms with van der Waals surface area (Å²) < 4.78 is 5.23. The van der Waals surface area contributed by atoms with Crippen LogP contribution >= 0.6 is 0 Å². The van der Waals surface area contributed by atoms with Crippen molar-refractivity contribution in [3.8, 4) is 0 Å². The molecule has 0 aliphatic carbocycles. The van der Waals surface area contributed by atoms with Crippen LogP contribution < -0.4 is 0 Å². The minimum absolute atomic E-state index is 0.0731. The lowest BCUT2D eigenvalue weighted by Gasteiger charge is -2.31. The normalized spacial score (nSPS) is 16.1. The Hall–Kier alpha value is -1.31. The molecule has 0 radical (unpaired) electrons. The van der Waals surface area contributed by atoms with Crippen LogP contribution in [0, 0.1) is 5.92 Å². The molecule has 0 N–H and O–H groups in total. The van der Waals surface area contributed by atoms with Gasteiger partial charge in [0, 0.05) is 12.0 Å². The monoisotopic (exact) mass is 194 g/mol. The van der Waals surface area contributed by atoms with Gasteiger partial charge in [0.25, 0.3) is 0 Å². The van der Waals surface area contributed by atoms with Crippen molar-refractivity contribution in [3.05, 3.63) is 38.0 Å². The third-order valence-electron chi connectivity index (χ3n) is 2.35. The first-order chi connectivity index (χ1) is 6.53. The van der Waals surface area contributed by atoms with Crippen LogP contribution in [0.2, 0.25) is 0 Å². The zero-order chi connectivity index (χ0) is 11.2. The van der Waals surface area contributed by atoms with Gasteiger partial charge in [-0.05, 0) is 19.4 Å². The smallest absolute Gasteiger partial charge is 0.331 e. The molecule has 78 valence electrons. The second kappa shape index (κ2) is 5.43. The number of carbonyl (C=O) groups excluding carboxylic acids is 1. The molecule has 0 aromatic carbocycles. The highest BCUT2D eigenvalue weighted by atomic mass is 16.6. The fourth-order valence-corrected chi connectivity index (χ4v) is 1.33. The summed E-state index contributed by atoms with van der Waals surface area (Å²) in [7, 11) is 0. The van der Waals surface area contributed by atoms with Crippen molar-refractivity contribution in [2.24, 2.45) is 5.92 Å². The Morgan fingerprint density at radius 3 is 2.36 bits per heavy atom. The molecule has 0 rings (SSSR count). The summed E-state index contributed by atoms with van der Waals surface area (Å²) in [5.41, 5.74) is -0.693. The molecule has 14 heavy (non-hydrogen) atoms. The van der Waals surface area contributed by atoms with Crippen LogP contribution in [0.4, 0.5) is 0 Å². The van der Waals surface area contributed by atoms with Crippen molar-refractivity contribution >= 4 is 5.97 Å². The van der Waals surface area contributed by atoms with Crippen LogP contribution in [0.3, 0.4) is 0 Å². The minimum Gasteiger partial charge on any atom is -0.451 e. The van der Waals surface area contributed by atoms with Gasteiger partial charge in [0.2, 0.25) is 0 Å². The summed E-state index contributed by atoms with van der Waals surface area (Å²) >= 11 is 0. The van der Waals surface area contributed by atoms with Crippen molar-refractivity contribution in [2.45, 2.75) is 25.9 Å². The van der Waals surface area contributed by atoms with Gasteiger partial charge in [-0.15, -0.1) is 6.58 Å². The average molecular weight is 194 g/mol. The van der Waals surface area contributed by atoms with E-state index >= 15 is 0 Å². The predicted octanol–water partition coefficient (Wildman–Crippen LogP) is 2.87. The fraction of sp³-hybridized carbons (Fsp3) is 0.417. The zero-order valence-corrected chi connectivity index (χ0v) is 8.95. The quantitative estimate of drug-likeness (QED) is 0.369. The van der Waals surface area contributed by atoms with E-state index in [9.17, 15) is 4.79 Å². The van der Waals surface area contributed by atoms with E-state index < -0.39 is 11.6 Å². The molecular formula is C12H18O2. The molecule has 2 unspecified atom stereocenters. The zero-order valence-electron chi connectivity index (χ0n) is 8.95. The lowest BCUT2D eigenvalue weighted by Crippen LogP contribution is -2.36. The van der Waals surface area contributed by atoms with E-state index in [1.807, 2.05) is 13.8 Å². The summed E-state index contributed by atoms with van der Waals surface area (Å²) in [4.78, 5) is 11.1. The molecule has 0 aliphatic heterocycles. The number of ether oxygens (including phenoxy) is 1. The second-order valence-corrected chi connectivity index (χ2v) is 3.26. The minimum atomic E-state index is -0.693. The van der Waals surface area contributed by atoms with E-state index in [0.717, 1.165) is 12.5 Å². The molecule has 2 atom stereocenters. The van der Waals surface area contributed by atoms with E-state index in [4.69, 9.17) is 4.74 Å². The first kappa shape index (κ1) is 12.7. The maximum atomic E-state index is 11.1. The molecule has 0 aromatic heterocycles. The Morgan fingerprint density at radius 2 is 2.07 bits per heavy atom. The molecule has 2 nitrogen and oxygen atoms in total. The van der Waals surface area contributed by atoms with E-state index in [-0.39, 0.29) is 5.92 Å². The summed E-state index contributed by atoms with van der Waals surface area (Å²) in [6, 6.07) is 0. The van der Waals surface area contributed by atoms with Gasteiger partial charge in [0.15, 0.2) is 0 Å². The first-order valence-corrected chi connectivity index (χ1v) is 4.65. The van der Waals surface area contributed by atoms with Crippen molar-refractivity contribution in [3.63, 3.8) is 0 Å². The maximum absolute atomic E-state index is 11.1. The van der Waals surface area contributed by atoms with E-state index in [1.54, 1.807) is 12.2 Å². The van der Waals surface area contributed by atoms with Crippen molar-refractivity contribution < 1.29 is 9.53 Å². The van der Waals surface area contributed by atoms with Crippen LogP contribution in [0.5, 0.6) is 0 Å². The second-order valence-electron chi connectivity index (χ2n) is 3.26.